The molecule has 0 spiro atoms. The topological polar surface area (TPSA) is 178 Å². The Kier molecular flexibility index (Phi) is 6.67. The Labute approximate surface area is 265 Å². The van der Waals surface area contributed by atoms with Gasteiger partial charge in [-0.15, -0.1) is 4.98 Å². The minimum Gasteiger partial charge on any atom is -0.479 e. The lowest BCUT2D eigenvalue weighted by Crippen LogP contribution is -2.31. The zero-order valence-corrected chi connectivity index (χ0v) is 24.6. The Balaban J connectivity index is 1.04. The average Bonchev–Trinajstić information content (AvgIpc) is 3.46. The molecule has 0 unspecified atom stereocenters. The van der Waals surface area contributed by atoms with Gasteiger partial charge in [0, 0.05) is 5.41 Å². The smallest absolute Gasteiger partial charge is 0.347 e. The number of esters is 2. The number of imide groups is 1. The highest BCUT2D eigenvalue weighted by atomic mass is 16.6. The number of carbonyl (C=O) groups excluding carboxylic acids is 4. The molecule has 2 N–H and O–H groups in total. The number of ether oxygens (including phenoxy) is 3. The summed E-state index contributed by atoms with van der Waals surface area (Å²) in [5.74, 6) is -1.59. The number of carbonyl (C=O) groups is 4. The Hall–Kier alpha value is -6.63. The third-order valence-electron chi connectivity index (χ3n) is 7.90. The molecule has 3 heterocycles. The van der Waals surface area contributed by atoms with Gasteiger partial charge in [-0.1, -0.05) is 38.1 Å². The van der Waals surface area contributed by atoms with Gasteiger partial charge in [0.1, 0.15) is 23.0 Å². The van der Waals surface area contributed by atoms with E-state index in [1.165, 1.54) is 24.3 Å². The van der Waals surface area contributed by atoms with Crippen LogP contribution in [-0.2, 0) is 10.2 Å². The molecule has 1 aromatic heterocycles. The van der Waals surface area contributed by atoms with Crippen molar-refractivity contribution in [2.75, 3.05) is 4.90 Å². The van der Waals surface area contributed by atoms with E-state index >= 15 is 0 Å². The molecule has 232 valence electrons. The number of anilines is 1. The summed E-state index contributed by atoms with van der Waals surface area (Å²) in [6, 6.07) is 22.3. The van der Waals surface area contributed by atoms with Gasteiger partial charge in [-0.2, -0.15) is 9.97 Å². The summed E-state index contributed by atoms with van der Waals surface area (Å²) in [4.78, 5) is 60.5. The van der Waals surface area contributed by atoms with Gasteiger partial charge in [-0.3, -0.25) is 9.59 Å². The van der Waals surface area contributed by atoms with Crippen molar-refractivity contribution in [3.8, 4) is 35.0 Å². The number of hydrogen-bond acceptors (Lipinski definition) is 12. The highest BCUT2D eigenvalue weighted by Gasteiger charge is 2.39. The molecule has 2 amide bonds. The van der Waals surface area contributed by atoms with Gasteiger partial charge in [0.05, 0.1) is 22.3 Å². The normalized spacial score (nSPS) is 13.8. The molecule has 0 aliphatic carbocycles. The summed E-state index contributed by atoms with van der Waals surface area (Å²) in [5, 5.41) is 19.1. The molecule has 0 saturated carbocycles. The Bertz CT molecular complexity index is 2120. The quantitative estimate of drug-likeness (QED) is 0.135. The number of fused-ring (bicyclic) bond motifs is 2. The molecule has 0 bridgehead atoms. The summed E-state index contributed by atoms with van der Waals surface area (Å²) in [6.45, 7) is 4.14. The van der Waals surface area contributed by atoms with Crippen LogP contribution in [0.15, 0.2) is 84.9 Å². The second-order valence-electron chi connectivity index (χ2n) is 11.2. The Morgan fingerprint density at radius 1 is 0.574 bits per heavy atom. The molecular formula is C34H22N4O9. The molecule has 0 atom stereocenters. The summed E-state index contributed by atoms with van der Waals surface area (Å²) in [5.41, 5.74) is 2.11. The molecule has 47 heavy (non-hydrogen) atoms. The van der Waals surface area contributed by atoms with Gasteiger partial charge in [0.15, 0.2) is 0 Å². The van der Waals surface area contributed by atoms with E-state index in [2.05, 4.69) is 33.5 Å². The van der Waals surface area contributed by atoms with Crippen molar-refractivity contribution in [1.29, 1.82) is 0 Å². The van der Waals surface area contributed by atoms with Crippen LogP contribution in [0.25, 0.3) is 0 Å². The van der Waals surface area contributed by atoms with Crippen molar-refractivity contribution in [3.05, 3.63) is 118 Å². The highest BCUT2D eigenvalue weighted by molar-refractivity contribution is 6.34. The first-order chi connectivity index (χ1) is 22.5. The molecule has 0 radical (unpaired) electrons. The number of rotatable bonds is 7. The summed E-state index contributed by atoms with van der Waals surface area (Å²) >= 11 is 0. The number of hydrogen-bond donors (Lipinski definition) is 2. The second-order valence-corrected chi connectivity index (χ2v) is 11.2. The maximum atomic E-state index is 13.1. The van der Waals surface area contributed by atoms with Crippen molar-refractivity contribution in [3.63, 3.8) is 0 Å². The fourth-order valence-electron chi connectivity index (χ4n) is 5.35. The summed E-state index contributed by atoms with van der Waals surface area (Å²) in [7, 11) is 0. The number of amides is 2. The van der Waals surface area contributed by atoms with E-state index in [0.717, 1.165) is 11.1 Å². The van der Waals surface area contributed by atoms with E-state index in [9.17, 15) is 29.4 Å². The lowest BCUT2D eigenvalue weighted by atomic mass is 9.78. The van der Waals surface area contributed by atoms with Crippen molar-refractivity contribution < 1.29 is 43.6 Å². The fraction of sp³-hybridized carbons (Fsp3) is 0.0882. The summed E-state index contributed by atoms with van der Waals surface area (Å²) in [6.07, 6.45) is 0. The first-order valence-electron chi connectivity index (χ1n) is 14.1. The third kappa shape index (κ3) is 5.15. The number of nitrogens with zero attached hydrogens (tertiary/aromatic N) is 4. The minimum atomic E-state index is -0.840. The van der Waals surface area contributed by atoms with Gasteiger partial charge in [0.2, 0.25) is 5.95 Å². The van der Waals surface area contributed by atoms with Crippen LogP contribution < -0.4 is 14.4 Å². The SMILES string of the molecule is CC(C)(c1ccc(Oc2ccc3c(c2)C(=O)OC3=O)cc1)c1ccc(Oc2ccc3c(c2)C(=O)N(c2nc(O)nc(O)n2)C3=O)cc1. The molecule has 2 aliphatic heterocycles. The maximum Gasteiger partial charge on any atom is 0.347 e. The maximum absolute atomic E-state index is 13.1. The van der Waals surface area contributed by atoms with Crippen LogP contribution in [0.5, 0.6) is 35.0 Å². The predicted octanol–water partition coefficient (Wildman–Crippen LogP) is 5.30. The van der Waals surface area contributed by atoms with Crippen LogP contribution in [0, 0.1) is 0 Å². The van der Waals surface area contributed by atoms with Gasteiger partial charge < -0.3 is 24.4 Å². The average molecular weight is 631 g/mol. The lowest BCUT2D eigenvalue weighted by molar-refractivity contribution is 0.0443. The standard InChI is InChI=1S/C34H22N4O9/c1-34(2,18-5-9-20(10-6-18)46-22-12-14-24-26(16-22)30(42)47-29(24)41)17-3-7-19(8-4-17)45-21-11-13-23-25(15-21)28(40)38(27(23)39)31-35-32(43)37-33(44)36-31/h3-16H,1-2H3,(H2,35,36,37,43,44). The van der Waals surface area contributed by atoms with Crippen molar-refractivity contribution >= 4 is 29.7 Å². The van der Waals surface area contributed by atoms with Gasteiger partial charge >= 0.3 is 24.0 Å². The van der Waals surface area contributed by atoms with Crippen molar-refractivity contribution in [2.45, 2.75) is 19.3 Å². The molecule has 13 heteroatoms. The zero-order chi connectivity index (χ0) is 33.0. The molecular weight excluding hydrogens is 608 g/mol. The minimum absolute atomic E-state index is 0.0471. The third-order valence-corrected chi connectivity index (χ3v) is 7.90. The van der Waals surface area contributed by atoms with Gasteiger partial charge in [0.25, 0.3) is 11.8 Å². The molecule has 13 nitrogen and oxygen atoms in total. The summed E-state index contributed by atoms with van der Waals surface area (Å²) < 4.78 is 16.5. The van der Waals surface area contributed by atoms with E-state index in [4.69, 9.17) is 9.47 Å². The molecule has 0 fully saturated rings. The number of benzene rings is 4. The first kappa shape index (κ1) is 29.1. The van der Waals surface area contributed by atoms with Crippen LogP contribution in [0.1, 0.15) is 66.4 Å². The molecule has 7 rings (SSSR count). The predicted molar refractivity (Wildman–Crippen MR) is 162 cm³/mol. The van der Waals surface area contributed by atoms with Crippen molar-refractivity contribution in [1.82, 2.24) is 15.0 Å². The second kappa shape index (κ2) is 10.8. The lowest BCUT2D eigenvalue weighted by Gasteiger charge is -2.26. The fourth-order valence-corrected chi connectivity index (χ4v) is 5.35. The van der Waals surface area contributed by atoms with E-state index in [1.54, 1.807) is 24.3 Å². The van der Waals surface area contributed by atoms with E-state index in [1.807, 2.05) is 36.4 Å². The molecule has 5 aromatic rings. The van der Waals surface area contributed by atoms with Crippen LogP contribution in [0.3, 0.4) is 0 Å². The molecule has 4 aromatic carbocycles. The van der Waals surface area contributed by atoms with Gasteiger partial charge in [-0.05, 0) is 71.8 Å². The zero-order valence-electron chi connectivity index (χ0n) is 24.6. The van der Waals surface area contributed by atoms with E-state index < -0.39 is 47.1 Å². The number of aromatic hydroxyl groups is 2. The van der Waals surface area contributed by atoms with Crippen LogP contribution >= 0.6 is 0 Å². The number of aromatic nitrogens is 3. The van der Waals surface area contributed by atoms with Crippen LogP contribution in [0.4, 0.5) is 5.95 Å². The Morgan fingerprint density at radius 2 is 1.02 bits per heavy atom. The monoisotopic (exact) mass is 630 g/mol. The van der Waals surface area contributed by atoms with E-state index in [0.29, 0.717) is 27.9 Å². The van der Waals surface area contributed by atoms with Crippen molar-refractivity contribution in [2.24, 2.45) is 0 Å². The molecule has 0 saturated heterocycles. The Morgan fingerprint density at radius 3 is 1.57 bits per heavy atom. The first-order valence-corrected chi connectivity index (χ1v) is 14.1. The largest absolute Gasteiger partial charge is 0.479 e. The number of cyclic esters (lactones) is 2. The van der Waals surface area contributed by atoms with Crippen LogP contribution in [0.2, 0.25) is 0 Å². The molecule has 2 aliphatic rings. The van der Waals surface area contributed by atoms with Gasteiger partial charge in [-0.25, -0.2) is 14.5 Å². The van der Waals surface area contributed by atoms with Crippen LogP contribution in [-0.4, -0.2) is 48.9 Å². The van der Waals surface area contributed by atoms with E-state index in [-0.39, 0.29) is 22.3 Å². The highest BCUT2D eigenvalue weighted by Crippen LogP contribution is 2.36.